The summed E-state index contributed by atoms with van der Waals surface area (Å²) in [5.41, 5.74) is 2.01. The number of nitrogens with zero attached hydrogens (tertiary/aromatic N) is 1. The van der Waals surface area contributed by atoms with E-state index in [0.717, 1.165) is 35.0 Å². The number of fused-ring (bicyclic) bond motifs is 1. The van der Waals surface area contributed by atoms with Crippen molar-refractivity contribution in [3.63, 3.8) is 0 Å². The Morgan fingerprint density at radius 3 is 2.76 bits per heavy atom. The number of anilines is 1. The van der Waals surface area contributed by atoms with E-state index in [1.165, 1.54) is 30.6 Å². The molecular weight excluding hydrogens is 334 g/mol. The molecule has 3 rings (SSSR count). The van der Waals surface area contributed by atoms with Crippen LogP contribution in [0.25, 0.3) is 10.2 Å². The van der Waals surface area contributed by atoms with Crippen molar-refractivity contribution >= 4 is 38.5 Å². The summed E-state index contributed by atoms with van der Waals surface area (Å²) in [6, 6.07) is 6.42. The van der Waals surface area contributed by atoms with Crippen molar-refractivity contribution in [2.75, 3.05) is 5.32 Å². The van der Waals surface area contributed by atoms with Crippen LogP contribution in [0.4, 0.5) is 5.13 Å². The third-order valence-electron chi connectivity index (χ3n) is 4.63. The van der Waals surface area contributed by atoms with Crippen LogP contribution >= 0.6 is 11.3 Å². The van der Waals surface area contributed by atoms with E-state index in [-0.39, 0.29) is 11.8 Å². The van der Waals surface area contributed by atoms with Gasteiger partial charge in [0.2, 0.25) is 11.8 Å². The molecule has 134 valence electrons. The van der Waals surface area contributed by atoms with E-state index in [1.807, 2.05) is 19.1 Å². The number of aromatic nitrogens is 1. The van der Waals surface area contributed by atoms with Crippen LogP contribution in [0.2, 0.25) is 0 Å². The van der Waals surface area contributed by atoms with Crippen molar-refractivity contribution in [3.05, 3.63) is 23.8 Å². The number of benzene rings is 1. The van der Waals surface area contributed by atoms with E-state index in [4.69, 9.17) is 0 Å². The van der Waals surface area contributed by atoms with Crippen LogP contribution in [0.15, 0.2) is 18.2 Å². The fraction of sp³-hybridized carbons (Fsp3) is 0.526. The summed E-state index contributed by atoms with van der Waals surface area (Å²) in [4.78, 5) is 28.0. The molecule has 1 saturated carbocycles. The molecule has 6 heteroatoms. The molecule has 0 bridgehead atoms. The number of hydrogen-bond donors (Lipinski definition) is 2. The molecule has 0 spiro atoms. The summed E-state index contributed by atoms with van der Waals surface area (Å²) in [7, 11) is 0. The zero-order chi connectivity index (χ0) is 17.6. The topological polar surface area (TPSA) is 71.1 Å². The summed E-state index contributed by atoms with van der Waals surface area (Å²) >= 11 is 1.47. The van der Waals surface area contributed by atoms with Crippen LogP contribution in [-0.4, -0.2) is 22.8 Å². The molecule has 0 unspecified atom stereocenters. The lowest BCUT2D eigenvalue weighted by molar-refractivity contribution is -0.122. The van der Waals surface area contributed by atoms with Crippen molar-refractivity contribution in [2.24, 2.45) is 0 Å². The van der Waals surface area contributed by atoms with Gasteiger partial charge in [0.25, 0.3) is 0 Å². The number of rotatable bonds is 6. The van der Waals surface area contributed by atoms with Gasteiger partial charge < -0.3 is 10.6 Å². The molecule has 1 fully saturated rings. The van der Waals surface area contributed by atoms with E-state index >= 15 is 0 Å². The molecule has 0 radical (unpaired) electrons. The number of thiazole rings is 1. The molecule has 1 aliphatic rings. The monoisotopic (exact) mass is 359 g/mol. The standard InChI is InChI=1S/C19H25N3O2S/c1-2-17(23)22-19-21-15-10-8-13(12-16(15)25-19)9-11-18(24)20-14-6-4-3-5-7-14/h8,10,12,14H,2-7,9,11H2,1H3,(H,20,24)(H,21,22,23). The Labute approximate surface area is 152 Å². The summed E-state index contributed by atoms with van der Waals surface area (Å²) in [6.07, 6.45) is 7.66. The molecule has 5 nitrogen and oxygen atoms in total. The Morgan fingerprint density at radius 1 is 1.20 bits per heavy atom. The lowest BCUT2D eigenvalue weighted by Crippen LogP contribution is -2.36. The maximum Gasteiger partial charge on any atom is 0.225 e. The first-order chi connectivity index (χ1) is 12.1. The Hall–Kier alpha value is -1.95. The van der Waals surface area contributed by atoms with Crippen LogP contribution in [0.5, 0.6) is 0 Å². The fourth-order valence-electron chi connectivity index (χ4n) is 3.19. The van der Waals surface area contributed by atoms with Crippen molar-refractivity contribution in [1.29, 1.82) is 0 Å². The lowest BCUT2D eigenvalue weighted by Gasteiger charge is -2.22. The third-order valence-corrected chi connectivity index (χ3v) is 5.56. The summed E-state index contributed by atoms with van der Waals surface area (Å²) in [6.45, 7) is 1.82. The molecule has 2 amide bonds. The highest BCUT2D eigenvalue weighted by Gasteiger charge is 2.15. The molecule has 1 aromatic heterocycles. The molecule has 25 heavy (non-hydrogen) atoms. The first-order valence-electron chi connectivity index (χ1n) is 9.12. The van der Waals surface area contributed by atoms with Gasteiger partial charge in [-0.2, -0.15) is 0 Å². The summed E-state index contributed by atoms with van der Waals surface area (Å²) < 4.78 is 1.04. The fourth-order valence-corrected chi connectivity index (χ4v) is 4.14. The van der Waals surface area contributed by atoms with E-state index in [1.54, 1.807) is 0 Å². The van der Waals surface area contributed by atoms with Gasteiger partial charge in [0.05, 0.1) is 10.2 Å². The quantitative estimate of drug-likeness (QED) is 0.818. The number of hydrogen-bond acceptors (Lipinski definition) is 4. The SMILES string of the molecule is CCC(=O)Nc1nc2ccc(CCC(=O)NC3CCCCC3)cc2s1. The van der Waals surface area contributed by atoms with Gasteiger partial charge in [-0.05, 0) is 37.0 Å². The predicted octanol–water partition coefficient (Wildman–Crippen LogP) is 4.03. The molecule has 1 aliphatic carbocycles. The Bertz CT molecular complexity index is 750. The Morgan fingerprint density at radius 2 is 2.00 bits per heavy atom. The van der Waals surface area contributed by atoms with Gasteiger partial charge in [0.1, 0.15) is 0 Å². The number of carbonyl (C=O) groups excluding carboxylic acids is 2. The maximum atomic E-state index is 12.1. The second-order valence-electron chi connectivity index (χ2n) is 6.63. The van der Waals surface area contributed by atoms with Crippen LogP contribution in [0.1, 0.15) is 57.4 Å². The predicted molar refractivity (Wildman–Crippen MR) is 102 cm³/mol. The van der Waals surface area contributed by atoms with Crippen LogP contribution in [0, 0.1) is 0 Å². The summed E-state index contributed by atoms with van der Waals surface area (Å²) in [5, 5.41) is 6.60. The molecule has 1 aromatic carbocycles. The van der Waals surface area contributed by atoms with Crippen LogP contribution in [-0.2, 0) is 16.0 Å². The first kappa shape index (κ1) is 17.9. The van der Waals surface area contributed by atoms with Gasteiger partial charge in [-0.1, -0.05) is 43.6 Å². The Kier molecular flexibility index (Phi) is 6.02. The molecule has 0 atom stereocenters. The molecule has 0 aliphatic heterocycles. The average molecular weight is 359 g/mol. The van der Waals surface area contributed by atoms with E-state index in [9.17, 15) is 9.59 Å². The molecule has 2 aromatic rings. The van der Waals surface area contributed by atoms with Crippen LogP contribution < -0.4 is 10.6 Å². The van der Waals surface area contributed by atoms with Crippen molar-refractivity contribution < 1.29 is 9.59 Å². The highest BCUT2D eigenvalue weighted by Crippen LogP contribution is 2.27. The molecule has 1 heterocycles. The normalized spacial score (nSPS) is 15.2. The number of nitrogens with one attached hydrogen (secondary N) is 2. The Balaban J connectivity index is 1.56. The van der Waals surface area contributed by atoms with Crippen molar-refractivity contribution in [1.82, 2.24) is 10.3 Å². The third kappa shape index (κ3) is 5.01. The van der Waals surface area contributed by atoms with E-state index in [0.29, 0.717) is 24.0 Å². The van der Waals surface area contributed by atoms with Crippen molar-refractivity contribution in [2.45, 2.75) is 64.3 Å². The smallest absolute Gasteiger partial charge is 0.225 e. The number of aryl methyl sites for hydroxylation is 1. The molecule has 0 saturated heterocycles. The van der Waals surface area contributed by atoms with Gasteiger partial charge in [-0.15, -0.1) is 0 Å². The zero-order valence-corrected chi connectivity index (χ0v) is 15.5. The maximum absolute atomic E-state index is 12.1. The van der Waals surface area contributed by atoms with E-state index in [2.05, 4.69) is 21.7 Å². The number of carbonyl (C=O) groups is 2. The molecular formula is C19H25N3O2S. The van der Waals surface area contributed by atoms with Gasteiger partial charge in [0, 0.05) is 18.9 Å². The lowest BCUT2D eigenvalue weighted by atomic mass is 9.95. The van der Waals surface area contributed by atoms with Crippen molar-refractivity contribution in [3.8, 4) is 0 Å². The van der Waals surface area contributed by atoms with Gasteiger partial charge in [-0.25, -0.2) is 4.98 Å². The van der Waals surface area contributed by atoms with Gasteiger partial charge in [0.15, 0.2) is 5.13 Å². The highest BCUT2D eigenvalue weighted by atomic mass is 32.1. The van der Waals surface area contributed by atoms with Gasteiger partial charge >= 0.3 is 0 Å². The minimum atomic E-state index is -0.0290. The van der Waals surface area contributed by atoms with E-state index < -0.39 is 0 Å². The minimum Gasteiger partial charge on any atom is -0.353 e. The van der Waals surface area contributed by atoms with Crippen LogP contribution in [0.3, 0.4) is 0 Å². The molecule has 2 N–H and O–H groups in total. The number of amides is 2. The second kappa shape index (κ2) is 8.43. The summed E-state index contributed by atoms with van der Waals surface area (Å²) in [5.74, 6) is 0.117. The second-order valence-corrected chi connectivity index (χ2v) is 7.66. The minimum absolute atomic E-state index is 0.0290. The highest BCUT2D eigenvalue weighted by molar-refractivity contribution is 7.22. The first-order valence-corrected chi connectivity index (χ1v) is 9.94. The largest absolute Gasteiger partial charge is 0.353 e. The van der Waals surface area contributed by atoms with Gasteiger partial charge in [-0.3, -0.25) is 9.59 Å². The average Bonchev–Trinajstić information content (AvgIpc) is 3.02. The zero-order valence-electron chi connectivity index (χ0n) is 14.6.